The molecular weight excluding hydrogens is 773 g/mol. The van der Waals surface area contributed by atoms with Crippen LogP contribution < -0.4 is 15.5 Å². The molecular formula is C43H40N8O7S. The van der Waals surface area contributed by atoms with Gasteiger partial charge in [-0.05, 0) is 86.0 Å². The van der Waals surface area contributed by atoms with Crippen molar-refractivity contribution in [3.05, 3.63) is 102 Å². The van der Waals surface area contributed by atoms with Crippen molar-refractivity contribution in [2.45, 2.75) is 49.5 Å². The van der Waals surface area contributed by atoms with Crippen LogP contribution in [-0.2, 0) is 24.2 Å². The first-order valence-corrected chi connectivity index (χ1v) is 21.2. The molecule has 1 atom stereocenters. The largest absolute Gasteiger partial charge is 0.368 e. The van der Waals surface area contributed by atoms with E-state index in [1.165, 1.54) is 6.26 Å². The first kappa shape index (κ1) is 39.0. The summed E-state index contributed by atoms with van der Waals surface area (Å²) in [4.78, 5) is 72.8. The molecule has 300 valence electrons. The van der Waals surface area contributed by atoms with Crippen LogP contribution in [0.25, 0.3) is 16.9 Å². The van der Waals surface area contributed by atoms with Crippen LogP contribution in [-0.4, -0.2) is 101 Å². The van der Waals surface area contributed by atoms with Gasteiger partial charge in [0.15, 0.2) is 15.5 Å². The van der Waals surface area contributed by atoms with Crippen molar-refractivity contribution in [3.63, 3.8) is 0 Å². The third-order valence-corrected chi connectivity index (χ3v) is 11.8. The molecule has 5 amide bonds. The molecule has 3 aliphatic heterocycles. The number of aromatic nitrogens is 3. The number of amides is 5. The van der Waals surface area contributed by atoms with Crippen molar-refractivity contribution in [3.8, 4) is 23.1 Å². The number of nitrogens with one attached hydrogen (secondary N) is 2. The van der Waals surface area contributed by atoms with Gasteiger partial charge in [0.2, 0.25) is 23.7 Å². The number of fused-ring (bicyclic) bond motifs is 2. The fourth-order valence-electron chi connectivity index (χ4n) is 7.51. The number of imide groups is 2. The van der Waals surface area contributed by atoms with Gasteiger partial charge in [-0.25, -0.2) is 12.9 Å². The Morgan fingerprint density at radius 1 is 0.881 bits per heavy atom. The van der Waals surface area contributed by atoms with Gasteiger partial charge in [-0.1, -0.05) is 30.0 Å². The highest BCUT2D eigenvalue weighted by Crippen LogP contribution is 2.29. The quantitative estimate of drug-likeness (QED) is 0.117. The molecule has 0 radical (unpaired) electrons. The van der Waals surface area contributed by atoms with Crippen molar-refractivity contribution in [2.75, 3.05) is 42.7 Å². The average Bonchev–Trinajstić information content (AvgIpc) is 3.75. The van der Waals surface area contributed by atoms with Gasteiger partial charge in [0.05, 0.1) is 21.7 Å². The molecule has 1 unspecified atom stereocenters. The summed E-state index contributed by atoms with van der Waals surface area (Å²) in [5.74, 6) is 4.49. The molecule has 59 heavy (non-hydrogen) atoms. The van der Waals surface area contributed by atoms with E-state index in [-0.39, 0.29) is 34.8 Å². The lowest BCUT2D eigenvalue weighted by Crippen LogP contribution is -2.54. The predicted molar refractivity (Wildman–Crippen MR) is 219 cm³/mol. The highest BCUT2D eigenvalue weighted by atomic mass is 32.2. The summed E-state index contributed by atoms with van der Waals surface area (Å²) in [5.41, 5.74) is 5.08. The Balaban J connectivity index is 0.778. The van der Waals surface area contributed by atoms with Crippen molar-refractivity contribution in [1.29, 1.82) is 0 Å². The number of piperazine rings is 1. The molecule has 8 rings (SSSR count). The molecule has 2 aromatic heterocycles. The zero-order chi connectivity index (χ0) is 41.3. The minimum Gasteiger partial charge on any atom is -0.368 e. The summed E-state index contributed by atoms with van der Waals surface area (Å²) in [5, 5.41) is 10.1. The monoisotopic (exact) mass is 812 g/mol. The van der Waals surface area contributed by atoms with Crippen molar-refractivity contribution < 1.29 is 32.4 Å². The van der Waals surface area contributed by atoms with E-state index in [9.17, 15) is 32.4 Å². The number of nitrogens with zero attached hydrogens (tertiary/aromatic N) is 6. The number of carbonyl (C=O) groups is 5. The number of hydrogen-bond acceptors (Lipinski definition) is 11. The van der Waals surface area contributed by atoms with E-state index in [1.807, 2.05) is 47.4 Å². The van der Waals surface area contributed by atoms with E-state index in [4.69, 9.17) is 0 Å². The summed E-state index contributed by atoms with van der Waals surface area (Å²) in [7, 11) is -3.30. The molecule has 2 saturated heterocycles. The normalized spacial score (nSPS) is 16.8. The molecule has 2 fully saturated rings. The van der Waals surface area contributed by atoms with E-state index in [2.05, 4.69) is 37.5 Å². The van der Waals surface area contributed by atoms with Gasteiger partial charge >= 0.3 is 0 Å². The number of sulfone groups is 1. The molecule has 0 bridgehead atoms. The molecule has 15 nitrogen and oxygen atoms in total. The second kappa shape index (κ2) is 16.2. The summed E-state index contributed by atoms with van der Waals surface area (Å²) in [6.07, 6.45) is 3.77. The van der Waals surface area contributed by atoms with Gasteiger partial charge in [0.25, 0.3) is 11.8 Å². The molecule has 16 heteroatoms. The van der Waals surface area contributed by atoms with Crippen LogP contribution in [0, 0.1) is 11.8 Å². The minimum atomic E-state index is -3.30. The Labute approximate surface area is 340 Å². The summed E-state index contributed by atoms with van der Waals surface area (Å²) < 4.78 is 25.5. The first-order valence-electron chi connectivity index (χ1n) is 19.3. The lowest BCUT2D eigenvalue weighted by molar-refractivity contribution is -0.136. The lowest BCUT2D eigenvalue weighted by Gasteiger charge is -2.36. The Bertz CT molecular complexity index is 2680. The van der Waals surface area contributed by atoms with E-state index < -0.39 is 39.5 Å². The minimum absolute atomic E-state index is 0.0597. The van der Waals surface area contributed by atoms with Crippen LogP contribution >= 0.6 is 0 Å². The predicted octanol–water partition coefficient (Wildman–Crippen LogP) is 4.21. The third kappa shape index (κ3) is 8.28. The zero-order valence-corrected chi connectivity index (χ0v) is 33.0. The summed E-state index contributed by atoms with van der Waals surface area (Å²) in [6.45, 7) is 2.69. The number of carbonyl (C=O) groups excluding carboxylic acids is 5. The number of rotatable bonds is 10. The van der Waals surface area contributed by atoms with Gasteiger partial charge in [0.1, 0.15) is 6.04 Å². The van der Waals surface area contributed by atoms with Crippen LogP contribution in [0.15, 0.2) is 89.8 Å². The van der Waals surface area contributed by atoms with Crippen LogP contribution in [0.1, 0.15) is 64.8 Å². The molecule has 0 spiro atoms. The van der Waals surface area contributed by atoms with E-state index in [0.717, 1.165) is 34.0 Å². The van der Waals surface area contributed by atoms with E-state index in [0.29, 0.717) is 62.6 Å². The Hall–Kier alpha value is -6.86. The van der Waals surface area contributed by atoms with Crippen molar-refractivity contribution in [2.24, 2.45) is 0 Å². The van der Waals surface area contributed by atoms with Gasteiger partial charge in [-0.15, -0.1) is 5.10 Å². The highest BCUT2D eigenvalue weighted by Gasteiger charge is 2.44. The van der Waals surface area contributed by atoms with Gasteiger partial charge in [-0.3, -0.25) is 34.2 Å². The molecule has 2 N–H and O–H groups in total. The van der Waals surface area contributed by atoms with Crippen LogP contribution in [0.3, 0.4) is 0 Å². The Morgan fingerprint density at radius 3 is 2.36 bits per heavy atom. The second-order valence-corrected chi connectivity index (χ2v) is 16.7. The second-order valence-electron chi connectivity index (χ2n) is 14.7. The van der Waals surface area contributed by atoms with E-state index in [1.54, 1.807) is 47.0 Å². The molecule has 0 saturated carbocycles. The maximum Gasteiger partial charge on any atom is 0.262 e. The van der Waals surface area contributed by atoms with Crippen LogP contribution in [0.2, 0.25) is 0 Å². The Morgan fingerprint density at radius 2 is 1.63 bits per heavy atom. The van der Waals surface area contributed by atoms with Gasteiger partial charge < -0.3 is 15.1 Å². The third-order valence-electron chi connectivity index (χ3n) is 10.7. The molecule has 3 aliphatic rings. The number of benzene rings is 3. The SMILES string of the molecule is CS(=O)(=O)c1ccc(-c2cccc3nc(Nc4ccc(N5CCN(C(=O)CCCCC#Cc6ccc7c(c6)C(=O)N(C6CCC(=O)NC6=O)C7=O)CC5)cc4)nn23)cc1. The number of piperidine rings is 1. The lowest BCUT2D eigenvalue weighted by atomic mass is 10.0. The number of unbranched alkanes of at least 4 members (excludes halogenated alkanes) is 2. The van der Waals surface area contributed by atoms with Crippen LogP contribution in [0.4, 0.5) is 17.3 Å². The maximum atomic E-state index is 13.1. The molecule has 3 aromatic carbocycles. The fraction of sp³-hybridized carbons (Fsp3) is 0.279. The van der Waals surface area contributed by atoms with Crippen LogP contribution in [0.5, 0.6) is 0 Å². The Kier molecular flexibility index (Phi) is 10.7. The van der Waals surface area contributed by atoms with E-state index >= 15 is 0 Å². The standard InChI is InChI=1S/C43H40N8O7S/c1-59(57,58)32-18-12-29(13-19-32)35-8-6-9-37-45-43(47-51(35)37)44-30-14-16-31(17-15-30)48-23-25-49(26-24-48)39(53)10-5-3-2-4-7-28-11-20-33-34(27-28)42(56)50(41(33)55)36-21-22-38(52)46-40(36)54/h6,8-9,11-20,27,36H,2-3,5,10,21-26H2,1H3,(H,44,47)(H,46,52,54). The molecule has 5 heterocycles. The van der Waals surface area contributed by atoms with Crippen molar-refractivity contribution in [1.82, 2.24) is 29.7 Å². The van der Waals surface area contributed by atoms with Gasteiger partial charge in [0, 0.05) is 74.2 Å². The molecule has 0 aliphatic carbocycles. The number of pyridine rings is 1. The summed E-state index contributed by atoms with van der Waals surface area (Å²) in [6, 6.07) is 24.1. The van der Waals surface area contributed by atoms with Crippen molar-refractivity contribution >= 4 is 62.3 Å². The topological polar surface area (TPSA) is 183 Å². The number of hydrogen-bond donors (Lipinski definition) is 2. The summed E-state index contributed by atoms with van der Waals surface area (Å²) >= 11 is 0. The van der Waals surface area contributed by atoms with Gasteiger partial charge in [-0.2, -0.15) is 4.98 Å². The molecule has 5 aromatic rings. The number of anilines is 3. The zero-order valence-electron chi connectivity index (χ0n) is 32.2. The highest BCUT2D eigenvalue weighted by molar-refractivity contribution is 7.90. The fourth-order valence-corrected chi connectivity index (χ4v) is 8.14. The smallest absolute Gasteiger partial charge is 0.262 e. The maximum absolute atomic E-state index is 13.1. The first-order chi connectivity index (χ1) is 28.4. The average molecular weight is 813 g/mol.